The highest BCUT2D eigenvalue weighted by Crippen LogP contribution is 2.32. The summed E-state index contributed by atoms with van der Waals surface area (Å²) in [5.41, 5.74) is 0.127. The molecular weight excluding hydrogens is 356 g/mol. The number of carboxylic acid groups (broad SMARTS) is 1. The predicted molar refractivity (Wildman–Crippen MR) is 94.4 cm³/mol. The quantitative estimate of drug-likeness (QED) is 0.513. The Morgan fingerprint density at radius 3 is 2.33 bits per heavy atom. The standard InChI is InChI=1S/C20H17F2NO4/c21-20(22,16-6-3-15(4-7-16)5-12-19(24)25)27-18-10-8-17(9-11-18)26-14-2-1-13-23/h3-12H,1-2,14H2,(H,24,25)/b12-5+. The van der Waals surface area contributed by atoms with E-state index in [2.05, 4.69) is 0 Å². The smallest absolute Gasteiger partial charge is 0.426 e. The van der Waals surface area contributed by atoms with Crippen LogP contribution in [0.5, 0.6) is 11.5 Å². The number of rotatable bonds is 9. The Morgan fingerprint density at radius 2 is 1.74 bits per heavy atom. The lowest BCUT2D eigenvalue weighted by atomic mass is 10.1. The number of hydrogen-bond acceptors (Lipinski definition) is 4. The van der Waals surface area contributed by atoms with Gasteiger partial charge in [-0.2, -0.15) is 14.0 Å². The second kappa shape index (κ2) is 9.34. The van der Waals surface area contributed by atoms with Gasteiger partial charge in [0, 0.05) is 12.5 Å². The average Bonchev–Trinajstić information content (AvgIpc) is 2.65. The summed E-state index contributed by atoms with van der Waals surface area (Å²) in [7, 11) is 0. The molecule has 0 aliphatic rings. The van der Waals surface area contributed by atoms with Crippen LogP contribution in [0.4, 0.5) is 8.78 Å². The van der Waals surface area contributed by atoms with E-state index in [1.807, 2.05) is 6.07 Å². The maximum Gasteiger partial charge on any atom is 0.426 e. The van der Waals surface area contributed by atoms with Crippen molar-refractivity contribution in [1.29, 1.82) is 5.26 Å². The number of nitriles is 1. The summed E-state index contributed by atoms with van der Waals surface area (Å²) < 4.78 is 38.7. The first-order chi connectivity index (χ1) is 12.9. The molecule has 0 unspecified atom stereocenters. The van der Waals surface area contributed by atoms with E-state index >= 15 is 0 Å². The molecule has 0 spiro atoms. The predicted octanol–water partition coefficient (Wildman–Crippen LogP) is 4.60. The van der Waals surface area contributed by atoms with E-state index in [1.165, 1.54) is 54.6 Å². The van der Waals surface area contributed by atoms with Gasteiger partial charge in [-0.05, 0) is 54.5 Å². The minimum Gasteiger partial charge on any atom is -0.494 e. The molecule has 2 rings (SSSR count). The van der Waals surface area contributed by atoms with Crippen LogP contribution in [0.3, 0.4) is 0 Å². The highest BCUT2D eigenvalue weighted by Gasteiger charge is 2.34. The fraction of sp³-hybridized carbons (Fsp3) is 0.200. The summed E-state index contributed by atoms with van der Waals surface area (Å²) in [6.45, 7) is 0.368. The SMILES string of the molecule is N#CCCCOc1ccc(OC(F)(F)c2ccc(/C=C/C(=O)O)cc2)cc1. The number of carboxylic acids is 1. The number of ether oxygens (including phenoxy) is 2. The van der Waals surface area contributed by atoms with Gasteiger partial charge in [0.25, 0.3) is 0 Å². The number of hydrogen-bond donors (Lipinski definition) is 1. The van der Waals surface area contributed by atoms with Gasteiger partial charge >= 0.3 is 12.1 Å². The van der Waals surface area contributed by atoms with Gasteiger partial charge in [0.1, 0.15) is 11.5 Å². The zero-order valence-corrected chi connectivity index (χ0v) is 14.3. The van der Waals surface area contributed by atoms with Crippen molar-refractivity contribution >= 4 is 12.0 Å². The lowest BCUT2D eigenvalue weighted by molar-refractivity contribution is -0.185. The number of benzene rings is 2. The van der Waals surface area contributed by atoms with Gasteiger partial charge in [0.15, 0.2) is 0 Å². The van der Waals surface area contributed by atoms with E-state index in [4.69, 9.17) is 19.8 Å². The van der Waals surface area contributed by atoms with Crippen molar-refractivity contribution in [3.63, 3.8) is 0 Å². The second-order valence-electron chi connectivity index (χ2n) is 5.49. The number of alkyl halides is 2. The Bertz CT molecular complexity index is 825. The van der Waals surface area contributed by atoms with Crippen LogP contribution in [0.15, 0.2) is 54.6 Å². The Hall–Kier alpha value is -3.40. The van der Waals surface area contributed by atoms with Gasteiger partial charge in [0.05, 0.1) is 18.2 Å². The van der Waals surface area contributed by atoms with Crippen LogP contribution in [0.1, 0.15) is 24.0 Å². The van der Waals surface area contributed by atoms with Crippen LogP contribution >= 0.6 is 0 Å². The van der Waals surface area contributed by atoms with Crippen molar-refractivity contribution < 1.29 is 28.2 Å². The highest BCUT2D eigenvalue weighted by atomic mass is 19.3. The van der Waals surface area contributed by atoms with E-state index in [0.29, 0.717) is 30.8 Å². The van der Waals surface area contributed by atoms with Crippen molar-refractivity contribution in [2.24, 2.45) is 0 Å². The van der Waals surface area contributed by atoms with Crippen LogP contribution in [-0.2, 0) is 10.9 Å². The Kier molecular flexibility index (Phi) is 6.89. The van der Waals surface area contributed by atoms with Crippen molar-refractivity contribution in [3.05, 3.63) is 65.7 Å². The Balaban J connectivity index is 1.98. The lowest BCUT2D eigenvalue weighted by Gasteiger charge is -2.18. The number of unbranched alkanes of at least 4 members (excludes halogenated alkanes) is 1. The fourth-order valence-corrected chi connectivity index (χ4v) is 2.11. The molecule has 0 atom stereocenters. The number of aliphatic carboxylic acids is 1. The maximum atomic E-state index is 14.3. The third kappa shape index (κ3) is 6.44. The molecule has 0 heterocycles. The van der Waals surface area contributed by atoms with Crippen LogP contribution < -0.4 is 9.47 Å². The lowest BCUT2D eigenvalue weighted by Crippen LogP contribution is -2.21. The highest BCUT2D eigenvalue weighted by molar-refractivity contribution is 5.85. The van der Waals surface area contributed by atoms with Gasteiger partial charge in [-0.15, -0.1) is 0 Å². The van der Waals surface area contributed by atoms with Crippen LogP contribution in [0.2, 0.25) is 0 Å². The summed E-state index contributed by atoms with van der Waals surface area (Å²) in [5, 5.41) is 17.0. The molecule has 0 amide bonds. The number of carbonyl (C=O) groups is 1. The molecule has 27 heavy (non-hydrogen) atoms. The normalized spacial score (nSPS) is 11.1. The van der Waals surface area contributed by atoms with Crippen molar-refractivity contribution in [1.82, 2.24) is 0 Å². The monoisotopic (exact) mass is 373 g/mol. The minimum atomic E-state index is -3.55. The average molecular weight is 373 g/mol. The van der Waals surface area contributed by atoms with Crippen molar-refractivity contribution in [2.45, 2.75) is 19.0 Å². The Labute approximate surface area is 155 Å². The van der Waals surface area contributed by atoms with E-state index in [9.17, 15) is 13.6 Å². The molecule has 2 aromatic carbocycles. The molecular formula is C20H17F2NO4. The molecule has 0 bridgehead atoms. The second-order valence-corrected chi connectivity index (χ2v) is 5.49. The first-order valence-corrected chi connectivity index (χ1v) is 8.09. The van der Waals surface area contributed by atoms with Gasteiger partial charge in [-0.1, -0.05) is 12.1 Å². The largest absolute Gasteiger partial charge is 0.494 e. The molecule has 7 heteroatoms. The minimum absolute atomic E-state index is 0.0285. The van der Waals surface area contributed by atoms with Crippen molar-refractivity contribution in [2.75, 3.05) is 6.61 Å². The van der Waals surface area contributed by atoms with Crippen molar-refractivity contribution in [3.8, 4) is 17.6 Å². The number of nitrogens with zero attached hydrogens (tertiary/aromatic N) is 1. The summed E-state index contributed by atoms with van der Waals surface area (Å²) in [6, 6.07) is 12.9. The first-order valence-electron chi connectivity index (χ1n) is 8.09. The molecule has 1 N–H and O–H groups in total. The van der Waals surface area contributed by atoms with Crippen LogP contribution in [0, 0.1) is 11.3 Å². The maximum absolute atomic E-state index is 14.3. The molecule has 0 saturated heterocycles. The molecule has 0 radical (unpaired) electrons. The van der Waals surface area contributed by atoms with E-state index in [1.54, 1.807) is 0 Å². The first kappa shape index (κ1) is 19.9. The number of halogens is 2. The zero-order chi connectivity index (χ0) is 19.7. The topological polar surface area (TPSA) is 79.5 Å². The third-order valence-corrected chi connectivity index (χ3v) is 3.44. The molecule has 2 aromatic rings. The summed E-state index contributed by atoms with van der Waals surface area (Å²) in [4.78, 5) is 10.5. The van der Waals surface area contributed by atoms with Gasteiger partial charge in [-0.3, -0.25) is 0 Å². The third-order valence-electron chi connectivity index (χ3n) is 3.44. The van der Waals surface area contributed by atoms with E-state index < -0.39 is 12.1 Å². The van der Waals surface area contributed by atoms with Crippen LogP contribution in [0.25, 0.3) is 6.08 Å². The van der Waals surface area contributed by atoms with E-state index in [-0.39, 0.29) is 11.3 Å². The summed E-state index contributed by atoms with van der Waals surface area (Å²) in [5.74, 6) is -0.650. The molecule has 0 aromatic heterocycles. The molecule has 0 saturated carbocycles. The Morgan fingerprint density at radius 1 is 1.11 bits per heavy atom. The fourth-order valence-electron chi connectivity index (χ4n) is 2.11. The molecule has 0 aliphatic heterocycles. The molecule has 0 aliphatic carbocycles. The molecule has 0 fully saturated rings. The molecule has 140 valence electrons. The zero-order valence-electron chi connectivity index (χ0n) is 14.3. The summed E-state index contributed by atoms with van der Waals surface area (Å²) >= 11 is 0. The van der Waals surface area contributed by atoms with Gasteiger partial charge < -0.3 is 14.6 Å². The van der Waals surface area contributed by atoms with E-state index in [0.717, 1.165) is 6.08 Å². The molecule has 5 nitrogen and oxygen atoms in total. The van der Waals surface area contributed by atoms with Crippen LogP contribution in [-0.4, -0.2) is 17.7 Å². The van der Waals surface area contributed by atoms with Gasteiger partial charge in [0.2, 0.25) is 0 Å². The summed E-state index contributed by atoms with van der Waals surface area (Å²) in [6.07, 6.45) is -0.346. The van der Waals surface area contributed by atoms with Gasteiger partial charge in [-0.25, -0.2) is 4.79 Å².